The third-order valence-corrected chi connectivity index (χ3v) is 5.81. The summed E-state index contributed by atoms with van der Waals surface area (Å²) in [5, 5.41) is 21.7. The van der Waals surface area contributed by atoms with Crippen molar-refractivity contribution in [1.82, 2.24) is 5.32 Å². The average molecular weight is 426 g/mol. The predicted octanol–water partition coefficient (Wildman–Crippen LogP) is 6.44. The van der Waals surface area contributed by atoms with Crippen LogP contribution in [0, 0.1) is 0 Å². The van der Waals surface area contributed by atoms with Gasteiger partial charge < -0.3 is 15.5 Å². The van der Waals surface area contributed by atoms with E-state index in [4.69, 9.17) is 0 Å². The van der Waals surface area contributed by atoms with E-state index in [0.717, 1.165) is 12.8 Å². The highest BCUT2D eigenvalue weighted by molar-refractivity contribution is 5.73. The molecule has 0 aromatic rings. The molecule has 0 bridgehead atoms. The Hall–Kier alpha value is -0.870. The van der Waals surface area contributed by atoms with Crippen molar-refractivity contribution in [1.29, 1.82) is 0 Å². The molecule has 4 nitrogen and oxygen atoms in total. The predicted molar refractivity (Wildman–Crippen MR) is 129 cm³/mol. The first-order valence-corrected chi connectivity index (χ1v) is 12.8. The van der Waals surface area contributed by atoms with Crippen LogP contribution in [0.4, 0.5) is 0 Å². The number of hydrogen-bond donors (Lipinski definition) is 3. The fourth-order valence-corrected chi connectivity index (χ4v) is 3.86. The maximum absolute atomic E-state index is 11.0. The second-order valence-electron chi connectivity index (χ2n) is 8.85. The third-order valence-electron chi connectivity index (χ3n) is 5.81. The van der Waals surface area contributed by atoms with Crippen molar-refractivity contribution < 1.29 is 15.0 Å². The van der Waals surface area contributed by atoms with Crippen molar-refractivity contribution in [3.63, 3.8) is 0 Å². The summed E-state index contributed by atoms with van der Waals surface area (Å²) in [6.07, 6.45) is 27.1. The van der Waals surface area contributed by atoms with Gasteiger partial charge in [0, 0.05) is 6.92 Å². The van der Waals surface area contributed by atoms with Crippen molar-refractivity contribution in [3.8, 4) is 0 Å². The first-order valence-electron chi connectivity index (χ1n) is 12.8. The SMILES string of the molecule is CCCCCCCCCCCCCCCCCCC/C=C/C(O)C(CO)NC(C)=O. The number of carbonyl (C=O) groups excluding carboxylic acids is 1. The molecule has 0 fully saturated rings. The summed E-state index contributed by atoms with van der Waals surface area (Å²) in [7, 11) is 0. The van der Waals surface area contributed by atoms with E-state index in [1.54, 1.807) is 6.08 Å². The van der Waals surface area contributed by atoms with E-state index in [9.17, 15) is 15.0 Å². The molecule has 2 unspecified atom stereocenters. The molecule has 0 heterocycles. The Kier molecular flexibility index (Phi) is 22.1. The van der Waals surface area contributed by atoms with Crippen LogP contribution >= 0.6 is 0 Å². The van der Waals surface area contributed by atoms with Crippen molar-refractivity contribution in [2.24, 2.45) is 0 Å². The van der Waals surface area contributed by atoms with Crippen LogP contribution in [-0.2, 0) is 4.79 Å². The molecule has 2 atom stereocenters. The minimum absolute atomic E-state index is 0.241. The zero-order valence-electron chi connectivity index (χ0n) is 20.0. The molecule has 1 amide bonds. The molecule has 3 N–H and O–H groups in total. The highest BCUT2D eigenvalue weighted by Crippen LogP contribution is 2.14. The maximum Gasteiger partial charge on any atom is 0.217 e. The van der Waals surface area contributed by atoms with Crippen LogP contribution in [0.15, 0.2) is 12.2 Å². The van der Waals surface area contributed by atoms with Gasteiger partial charge >= 0.3 is 0 Å². The van der Waals surface area contributed by atoms with Crippen LogP contribution in [0.1, 0.15) is 129 Å². The van der Waals surface area contributed by atoms with E-state index in [-0.39, 0.29) is 12.5 Å². The molecule has 0 aromatic carbocycles. The van der Waals surface area contributed by atoms with Crippen LogP contribution in [0.2, 0.25) is 0 Å². The lowest BCUT2D eigenvalue weighted by atomic mass is 10.0. The van der Waals surface area contributed by atoms with Crippen molar-refractivity contribution >= 4 is 5.91 Å². The number of amides is 1. The Labute approximate surface area is 186 Å². The van der Waals surface area contributed by atoms with E-state index >= 15 is 0 Å². The van der Waals surface area contributed by atoms with Crippen molar-refractivity contribution in [2.45, 2.75) is 142 Å². The summed E-state index contributed by atoms with van der Waals surface area (Å²) in [4.78, 5) is 11.0. The normalized spacial score (nSPS) is 13.6. The molecule has 4 heteroatoms. The minimum Gasteiger partial charge on any atom is -0.394 e. The van der Waals surface area contributed by atoms with Crippen LogP contribution in [0.5, 0.6) is 0 Å². The molecule has 0 spiro atoms. The molecule has 0 radical (unpaired) electrons. The van der Waals surface area contributed by atoms with E-state index < -0.39 is 12.1 Å². The van der Waals surface area contributed by atoms with Gasteiger partial charge in [0.05, 0.1) is 18.8 Å². The molecule has 0 saturated carbocycles. The van der Waals surface area contributed by atoms with Gasteiger partial charge in [-0.2, -0.15) is 0 Å². The smallest absolute Gasteiger partial charge is 0.217 e. The monoisotopic (exact) mass is 425 g/mol. The van der Waals surface area contributed by atoms with Crippen LogP contribution < -0.4 is 5.32 Å². The zero-order chi connectivity index (χ0) is 22.3. The quantitative estimate of drug-likeness (QED) is 0.138. The van der Waals surface area contributed by atoms with Crippen molar-refractivity contribution in [2.75, 3.05) is 6.61 Å². The highest BCUT2D eigenvalue weighted by atomic mass is 16.3. The Morgan fingerprint density at radius 1 is 0.767 bits per heavy atom. The van der Waals surface area contributed by atoms with Crippen LogP contribution in [0.25, 0.3) is 0 Å². The summed E-state index contributed by atoms with van der Waals surface area (Å²) in [5.74, 6) is -0.241. The van der Waals surface area contributed by atoms with E-state index in [1.165, 1.54) is 110 Å². The number of hydrogen-bond acceptors (Lipinski definition) is 3. The number of aliphatic hydroxyl groups excluding tert-OH is 2. The number of unbranched alkanes of at least 4 members (excludes halogenated alkanes) is 17. The van der Waals surface area contributed by atoms with Crippen LogP contribution in [-0.4, -0.2) is 34.9 Å². The molecule has 0 rings (SSSR count). The van der Waals surface area contributed by atoms with E-state index in [2.05, 4.69) is 12.2 Å². The molecular formula is C26H51NO3. The standard InChI is InChI=1S/C26H51NO3/c1-3-4-5-6-7-8-9-10-11-12-13-14-15-16-17-18-19-20-21-22-26(30)25(23-28)27-24(2)29/h21-22,25-26,28,30H,3-20,23H2,1-2H3,(H,27,29)/b22-21+. The third kappa shape index (κ3) is 20.4. The number of allylic oxidation sites excluding steroid dienone is 1. The second-order valence-corrected chi connectivity index (χ2v) is 8.85. The summed E-state index contributed by atoms with van der Waals surface area (Å²) < 4.78 is 0. The largest absolute Gasteiger partial charge is 0.394 e. The van der Waals surface area contributed by atoms with Gasteiger partial charge in [-0.05, 0) is 12.8 Å². The molecular weight excluding hydrogens is 374 g/mol. The molecule has 0 aliphatic heterocycles. The number of aliphatic hydroxyl groups is 2. The fraction of sp³-hybridized carbons (Fsp3) is 0.885. The van der Waals surface area contributed by atoms with Gasteiger partial charge in [0.25, 0.3) is 0 Å². The number of rotatable bonds is 22. The van der Waals surface area contributed by atoms with Gasteiger partial charge in [-0.1, -0.05) is 122 Å². The van der Waals surface area contributed by atoms with E-state index in [0.29, 0.717) is 0 Å². The van der Waals surface area contributed by atoms with Gasteiger partial charge in [0.2, 0.25) is 5.91 Å². The van der Waals surface area contributed by atoms with Gasteiger partial charge in [-0.25, -0.2) is 0 Å². The number of nitrogens with one attached hydrogen (secondary N) is 1. The Morgan fingerprint density at radius 2 is 1.17 bits per heavy atom. The molecule has 0 saturated heterocycles. The summed E-state index contributed by atoms with van der Waals surface area (Å²) >= 11 is 0. The van der Waals surface area contributed by atoms with Crippen molar-refractivity contribution in [3.05, 3.63) is 12.2 Å². The molecule has 0 aliphatic rings. The topological polar surface area (TPSA) is 69.6 Å². The van der Waals surface area contributed by atoms with Gasteiger partial charge in [-0.15, -0.1) is 0 Å². The lowest BCUT2D eigenvalue weighted by Crippen LogP contribution is -2.44. The molecule has 0 aromatic heterocycles. The lowest BCUT2D eigenvalue weighted by molar-refractivity contribution is -0.120. The summed E-state index contributed by atoms with van der Waals surface area (Å²) in [6.45, 7) is 3.40. The van der Waals surface area contributed by atoms with Gasteiger partial charge in [0.1, 0.15) is 0 Å². The van der Waals surface area contributed by atoms with Gasteiger partial charge in [0.15, 0.2) is 0 Å². The highest BCUT2D eigenvalue weighted by Gasteiger charge is 2.15. The lowest BCUT2D eigenvalue weighted by Gasteiger charge is -2.18. The average Bonchev–Trinajstić information content (AvgIpc) is 2.73. The molecule has 0 aliphatic carbocycles. The summed E-state index contributed by atoms with van der Waals surface area (Å²) in [6, 6.07) is -0.616. The first kappa shape index (κ1) is 29.1. The Morgan fingerprint density at radius 3 is 1.53 bits per heavy atom. The maximum atomic E-state index is 11.0. The van der Waals surface area contributed by atoms with E-state index in [1.807, 2.05) is 6.08 Å². The number of carbonyl (C=O) groups is 1. The Balaban J connectivity index is 3.32. The minimum atomic E-state index is -0.829. The first-order chi connectivity index (χ1) is 14.6. The fourth-order valence-electron chi connectivity index (χ4n) is 3.86. The molecule has 178 valence electrons. The Bertz CT molecular complexity index is 398. The van der Waals surface area contributed by atoms with Gasteiger partial charge in [-0.3, -0.25) is 4.79 Å². The van der Waals surface area contributed by atoms with Crippen LogP contribution in [0.3, 0.4) is 0 Å². The summed E-state index contributed by atoms with van der Waals surface area (Å²) in [5.41, 5.74) is 0. The molecule has 30 heavy (non-hydrogen) atoms. The zero-order valence-corrected chi connectivity index (χ0v) is 20.0. The second kappa shape index (κ2) is 22.8.